The number of ether oxygens (including phenoxy) is 1. The van der Waals surface area contributed by atoms with E-state index in [9.17, 15) is 4.79 Å². The molecule has 1 N–H and O–H groups in total. The van der Waals surface area contributed by atoms with E-state index in [4.69, 9.17) is 4.74 Å². The quantitative estimate of drug-likeness (QED) is 0.576. The summed E-state index contributed by atoms with van der Waals surface area (Å²) in [5.74, 6) is 2.42. The molecule has 2 heterocycles. The van der Waals surface area contributed by atoms with Crippen LogP contribution < -0.4 is 15.0 Å². The number of piperazine rings is 1. The van der Waals surface area contributed by atoms with Gasteiger partial charge < -0.3 is 19.9 Å². The molecule has 172 valence electrons. The number of rotatable bonds is 10. The summed E-state index contributed by atoms with van der Waals surface area (Å²) in [5.41, 5.74) is 1.84. The fourth-order valence-corrected chi connectivity index (χ4v) is 4.01. The van der Waals surface area contributed by atoms with Crippen molar-refractivity contribution in [3.05, 3.63) is 48.2 Å². The lowest BCUT2D eigenvalue weighted by Gasteiger charge is -2.36. The number of nitrogens with one attached hydrogen (secondary N) is 1. The van der Waals surface area contributed by atoms with Gasteiger partial charge in [0, 0.05) is 53.0 Å². The van der Waals surface area contributed by atoms with Crippen molar-refractivity contribution in [1.29, 1.82) is 0 Å². The minimum Gasteiger partial charge on any atom is -0.491 e. The molecule has 2 aromatic rings. The van der Waals surface area contributed by atoms with Crippen LogP contribution in [-0.2, 0) is 0 Å². The molecule has 0 unspecified atom stereocenters. The average Bonchev–Trinajstić information content (AvgIpc) is 3.65. The van der Waals surface area contributed by atoms with Gasteiger partial charge in [0.25, 0.3) is 5.91 Å². The highest BCUT2D eigenvalue weighted by atomic mass is 16.5. The smallest absolute Gasteiger partial charge is 0.257 e. The van der Waals surface area contributed by atoms with E-state index < -0.39 is 0 Å². The lowest BCUT2D eigenvalue weighted by atomic mass is 10.2. The van der Waals surface area contributed by atoms with Crippen molar-refractivity contribution in [3.8, 4) is 5.75 Å². The number of carbonyl (C=O) groups excluding carboxylic acids is 1. The molecule has 1 aliphatic heterocycles. The summed E-state index contributed by atoms with van der Waals surface area (Å²) in [4.78, 5) is 23.2. The zero-order chi connectivity index (χ0) is 22.3. The van der Waals surface area contributed by atoms with Gasteiger partial charge in [-0.25, -0.2) is 4.98 Å². The standard InChI is InChI=1S/C25H35N5O2/c1-28(2)25(31)21-7-5-12-26-24(21)27-13-6-14-29-15-17-30(18-16-29)22-8-3-4-9-23(22)32-19-20-10-11-20/h3-5,7-9,12,20H,6,10-11,13-19H2,1-2H3,(H,26,27). The summed E-state index contributed by atoms with van der Waals surface area (Å²) >= 11 is 0. The maximum atomic E-state index is 12.3. The second kappa shape index (κ2) is 10.7. The second-order valence-corrected chi connectivity index (χ2v) is 8.93. The fourth-order valence-electron chi connectivity index (χ4n) is 4.01. The van der Waals surface area contributed by atoms with Gasteiger partial charge >= 0.3 is 0 Å². The first-order chi connectivity index (χ1) is 15.6. The van der Waals surface area contributed by atoms with Crippen LogP contribution in [0.15, 0.2) is 42.6 Å². The number of hydrogen-bond donors (Lipinski definition) is 1. The molecule has 0 spiro atoms. The molecule has 32 heavy (non-hydrogen) atoms. The molecule has 1 saturated heterocycles. The predicted molar refractivity (Wildman–Crippen MR) is 129 cm³/mol. The molecule has 1 saturated carbocycles. The minimum atomic E-state index is -0.0295. The maximum Gasteiger partial charge on any atom is 0.257 e. The highest BCUT2D eigenvalue weighted by molar-refractivity contribution is 5.98. The van der Waals surface area contributed by atoms with Crippen molar-refractivity contribution in [3.63, 3.8) is 0 Å². The number of amides is 1. The van der Waals surface area contributed by atoms with E-state index in [1.165, 1.54) is 18.5 Å². The summed E-state index contributed by atoms with van der Waals surface area (Å²) in [6.07, 6.45) is 5.35. The van der Waals surface area contributed by atoms with Gasteiger partial charge in [-0.2, -0.15) is 0 Å². The Labute approximate surface area is 191 Å². The van der Waals surface area contributed by atoms with Crippen molar-refractivity contribution in [2.24, 2.45) is 5.92 Å². The number of para-hydroxylation sites is 2. The minimum absolute atomic E-state index is 0.0295. The molecule has 1 amide bonds. The molecular weight excluding hydrogens is 402 g/mol. The number of anilines is 2. The Morgan fingerprint density at radius 1 is 1.12 bits per heavy atom. The molecule has 1 aromatic heterocycles. The van der Waals surface area contributed by atoms with Crippen molar-refractivity contribution in [1.82, 2.24) is 14.8 Å². The van der Waals surface area contributed by atoms with Crippen LogP contribution in [0.4, 0.5) is 11.5 Å². The SMILES string of the molecule is CN(C)C(=O)c1cccnc1NCCCN1CCN(c2ccccc2OCC2CC2)CC1. The van der Waals surface area contributed by atoms with E-state index in [0.29, 0.717) is 11.4 Å². The van der Waals surface area contributed by atoms with Gasteiger partial charge in [-0.3, -0.25) is 9.69 Å². The van der Waals surface area contributed by atoms with Gasteiger partial charge in [-0.1, -0.05) is 12.1 Å². The third-order valence-electron chi connectivity index (χ3n) is 6.14. The Hall–Kier alpha value is -2.80. The van der Waals surface area contributed by atoms with E-state index in [0.717, 1.165) is 64.0 Å². The highest BCUT2D eigenvalue weighted by Gasteiger charge is 2.24. The molecule has 1 aliphatic carbocycles. The number of aromatic nitrogens is 1. The van der Waals surface area contributed by atoms with Crippen molar-refractivity contribution < 1.29 is 9.53 Å². The van der Waals surface area contributed by atoms with E-state index in [-0.39, 0.29) is 5.91 Å². The molecule has 0 bridgehead atoms. The number of pyridine rings is 1. The molecule has 7 heteroatoms. The third-order valence-corrected chi connectivity index (χ3v) is 6.14. The van der Waals surface area contributed by atoms with Crippen LogP contribution in [0.3, 0.4) is 0 Å². The topological polar surface area (TPSA) is 60.9 Å². The Morgan fingerprint density at radius 2 is 1.91 bits per heavy atom. The summed E-state index contributed by atoms with van der Waals surface area (Å²) in [6.45, 7) is 6.79. The van der Waals surface area contributed by atoms with Crippen LogP contribution in [0.2, 0.25) is 0 Å². The molecule has 4 rings (SSSR count). The number of nitrogens with zero attached hydrogens (tertiary/aromatic N) is 4. The first kappa shape index (κ1) is 22.4. The van der Waals surface area contributed by atoms with Crippen LogP contribution in [0.5, 0.6) is 5.75 Å². The van der Waals surface area contributed by atoms with Crippen molar-refractivity contribution >= 4 is 17.4 Å². The van der Waals surface area contributed by atoms with Gasteiger partial charge in [0.05, 0.1) is 17.9 Å². The predicted octanol–water partition coefficient (Wildman–Crippen LogP) is 3.20. The van der Waals surface area contributed by atoms with Crippen LogP contribution in [0.25, 0.3) is 0 Å². The molecule has 0 atom stereocenters. The largest absolute Gasteiger partial charge is 0.491 e. The Kier molecular flexibility index (Phi) is 7.47. The van der Waals surface area contributed by atoms with E-state index >= 15 is 0 Å². The van der Waals surface area contributed by atoms with Crippen LogP contribution in [0.1, 0.15) is 29.6 Å². The Bertz CT molecular complexity index is 891. The number of benzene rings is 1. The normalized spacial score (nSPS) is 16.6. The molecular formula is C25H35N5O2. The maximum absolute atomic E-state index is 12.3. The van der Waals surface area contributed by atoms with Gasteiger partial charge in [-0.05, 0) is 56.0 Å². The Morgan fingerprint density at radius 3 is 2.66 bits per heavy atom. The number of carbonyl (C=O) groups is 1. The first-order valence-corrected chi connectivity index (χ1v) is 11.7. The van der Waals surface area contributed by atoms with Gasteiger partial charge in [0.15, 0.2) is 0 Å². The second-order valence-electron chi connectivity index (χ2n) is 8.93. The molecule has 1 aromatic carbocycles. The summed E-state index contributed by atoms with van der Waals surface area (Å²) in [7, 11) is 3.52. The fraction of sp³-hybridized carbons (Fsp3) is 0.520. The van der Waals surface area contributed by atoms with Gasteiger partial charge in [0.2, 0.25) is 0 Å². The monoisotopic (exact) mass is 437 g/mol. The van der Waals surface area contributed by atoms with Gasteiger partial charge in [0.1, 0.15) is 11.6 Å². The van der Waals surface area contributed by atoms with E-state index in [2.05, 4.69) is 44.4 Å². The summed E-state index contributed by atoms with van der Waals surface area (Å²) in [5, 5.41) is 3.35. The highest BCUT2D eigenvalue weighted by Crippen LogP contribution is 2.33. The zero-order valence-electron chi connectivity index (χ0n) is 19.3. The van der Waals surface area contributed by atoms with E-state index in [1.54, 1.807) is 31.3 Å². The van der Waals surface area contributed by atoms with Crippen LogP contribution >= 0.6 is 0 Å². The Balaban J connectivity index is 1.21. The summed E-state index contributed by atoms with van der Waals surface area (Å²) in [6, 6.07) is 12.1. The number of hydrogen-bond acceptors (Lipinski definition) is 6. The van der Waals surface area contributed by atoms with Gasteiger partial charge in [-0.15, -0.1) is 0 Å². The average molecular weight is 438 g/mol. The van der Waals surface area contributed by atoms with Crippen LogP contribution in [0, 0.1) is 5.92 Å². The third kappa shape index (κ3) is 5.91. The lowest BCUT2D eigenvalue weighted by Crippen LogP contribution is -2.47. The van der Waals surface area contributed by atoms with Crippen LogP contribution in [-0.4, -0.2) is 80.7 Å². The van der Waals surface area contributed by atoms with Crippen molar-refractivity contribution in [2.75, 3.05) is 70.2 Å². The lowest BCUT2D eigenvalue weighted by molar-refractivity contribution is 0.0828. The van der Waals surface area contributed by atoms with Crippen molar-refractivity contribution in [2.45, 2.75) is 19.3 Å². The molecule has 2 aliphatic rings. The zero-order valence-corrected chi connectivity index (χ0v) is 19.3. The molecule has 2 fully saturated rings. The van der Waals surface area contributed by atoms with E-state index in [1.807, 2.05) is 6.07 Å². The molecule has 0 radical (unpaired) electrons. The first-order valence-electron chi connectivity index (χ1n) is 11.7. The molecule has 7 nitrogen and oxygen atoms in total. The summed E-state index contributed by atoms with van der Waals surface area (Å²) < 4.78 is 6.11.